The summed E-state index contributed by atoms with van der Waals surface area (Å²) in [5, 5.41) is 2.78. The molecule has 5 nitrogen and oxygen atoms in total. The molecule has 0 spiro atoms. The van der Waals surface area contributed by atoms with E-state index in [4.69, 9.17) is 4.74 Å². The van der Waals surface area contributed by atoms with Crippen LogP contribution in [-0.2, 0) is 9.53 Å². The minimum atomic E-state index is -0.531. The van der Waals surface area contributed by atoms with Gasteiger partial charge in [-0.3, -0.25) is 9.59 Å². The Hall–Kier alpha value is -1.88. The molecule has 1 aromatic carbocycles. The van der Waals surface area contributed by atoms with Gasteiger partial charge < -0.3 is 15.0 Å². The molecule has 0 aromatic heterocycles. The fraction of sp³-hybridized carbons (Fsp3) is 0.500. The molecule has 1 unspecified atom stereocenters. The molecule has 0 bridgehead atoms. The van der Waals surface area contributed by atoms with Crippen molar-refractivity contribution in [2.75, 3.05) is 26.3 Å². The summed E-state index contributed by atoms with van der Waals surface area (Å²) in [5.74, 6) is -0.266. The lowest BCUT2D eigenvalue weighted by Gasteiger charge is -2.29. The Morgan fingerprint density at radius 3 is 2.52 bits per heavy atom. The molecule has 1 aliphatic rings. The van der Waals surface area contributed by atoms with Crippen LogP contribution >= 0.6 is 0 Å². The summed E-state index contributed by atoms with van der Waals surface area (Å²) in [5.41, 5.74) is 2.64. The highest BCUT2D eigenvalue weighted by atomic mass is 16.5. The predicted molar refractivity (Wildman–Crippen MR) is 80.2 cm³/mol. The third kappa shape index (κ3) is 3.82. The van der Waals surface area contributed by atoms with Crippen molar-refractivity contribution in [2.45, 2.75) is 26.8 Å². The molecule has 1 saturated heterocycles. The highest BCUT2D eigenvalue weighted by Gasteiger charge is 2.24. The van der Waals surface area contributed by atoms with Crippen LogP contribution in [0.2, 0.25) is 0 Å². The van der Waals surface area contributed by atoms with Gasteiger partial charge in [-0.05, 0) is 32.4 Å². The summed E-state index contributed by atoms with van der Waals surface area (Å²) in [4.78, 5) is 26.3. The zero-order valence-corrected chi connectivity index (χ0v) is 12.8. The van der Waals surface area contributed by atoms with Gasteiger partial charge in [0, 0.05) is 18.7 Å². The van der Waals surface area contributed by atoms with E-state index in [1.165, 1.54) is 0 Å². The smallest absolute Gasteiger partial charge is 0.252 e. The van der Waals surface area contributed by atoms with Gasteiger partial charge in [0.05, 0.1) is 13.2 Å². The number of amides is 2. The molecule has 1 aliphatic heterocycles. The van der Waals surface area contributed by atoms with Crippen LogP contribution in [0.1, 0.15) is 28.4 Å². The Labute approximate surface area is 125 Å². The first-order valence-electron chi connectivity index (χ1n) is 7.23. The number of hydrogen-bond donors (Lipinski definition) is 1. The van der Waals surface area contributed by atoms with Crippen LogP contribution in [0.5, 0.6) is 0 Å². The number of hydrogen-bond acceptors (Lipinski definition) is 3. The number of aryl methyl sites for hydroxylation is 2. The van der Waals surface area contributed by atoms with E-state index >= 15 is 0 Å². The molecular formula is C16H22N2O3. The number of carbonyl (C=O) groups excluding carboxylic acids is 2. The Kier molecular flexibility index (Phi) is 4.96. The topological polar surface area (TPSA) is 58.6 Å². The lowest BCUT2D eigenvalue weighted by Crippen LogP contribution is -2.50. The second-order valence-corrected chi connectivity index (χ2v) is 5.45. The standard InChI is InChI=1S/C16H22N2O3/c1-11-4-5-14(12(2)10-11)15(19)17-13(3)16(20)18-6-8-21-9-7-18/h4-5,10,13H,6-9H2,1-3H3,(H,17,19). The van der Waals surface area contributed by atoms with E-state index < -0.39 is 6.04 Å². The number of benzene rings is 1. The summed E-state index contributed by atoms with van der Waals surface area (Å²) in [6, 6.07) is 5.13. The normalized spacial score (nSPS) is 16.4. The number of morpholine rings is 1. The lowest BCUT2D eigenvalue weighted by molar-refractivity contribution is -0.136. The van der Waals surface area contributed by atoms with Crippen LogP contribution in [0.15, 0.2) is 18.2 Å². The Morgan fingerprint density at radius 2 is 1.90 bits per heavy atom. The molecule has 2 amide bonds. The quantitative estimate of drug-likeness (QED) is 0.912. The third-order valence-corrected chi connectivity index (χ3v) is 3.67. The van der Waals surface area contributed by atoms with E-state index in [2.05, 4.69) is 5.32 Å². The summed E-state index contributed by atoms with van der Waals surface area (Å²) in [6.07, 6.45) is 0. The van der Waals surface area contributed by atoms with Crippen molar-refractivity contribution in [3.8, 4) is 0 Å². The van der Waals surface area contributed by atoms with Crippen LogP contribution in [0.4, 0.5) is 0 Å². The van der Waals surface area contributed by atoms with Crippen LogP contribution < -0.4 is 5.32 Å². The molecule has 2 rings (SSSR count). The van der Waals surface area contributed by atoms with Crippen molar-refractivity contribution in [3.05, 3.63) is 34.9 Å². The number of ether oxygens (including phenoxy) is 1. The van der Waals surface area contributed by atoms with Crippen molar-refractivity contribution >= 4 is 11.8 Å². The molecule has 0 aliphatic carbocycles. The average molecular weight is 290 g/mol. The first-order chi connectivity index (χ1) is 9.99. The molecule has 1 heterocycles. The largest absolute Gasteiger partial charge is 0.378 e. The fourth-order valence-electron chi connectivity index (χ4n) is 2.46. The van der Waals surface area contributed by atoms with E-state index in [0.717, 1.165) is 11.1 Å². The van der Waals surface area contributed by atoms with E-state index in [-0.39, 0.29) is 11.8 Å². The van der Waals surface area contributed by atoms with E-state index in [1.807, 2.05) is 26.0 Å². The van der Waals surface area contributed by atoms with E-state index in [1.54, 1.807) is 17.9 Å². The van der Waals surface area contributed by atoms with Gasteiger partial charge in [-0.15, -0.1) is 0 Å². The van der Waals surface area contributed by atoms with Crippen LogP contribution in [-0.4, -0.2) is 49.1 Å². The molecule has 1 fully saturated rings. The van der Waals surface area contributed by atoms with Crippen molar-refractivity contribution in [3.63, 3.8) is 0 Å². The van der Waals surface area contributed by atoms with Crippen molar-refractivity contribution in [1.82, 2.24) is 10.2 Å². The van der Waals surface area contributed by atoms with Gasteiger partial charge >= 0.3 is 0 Å². The second kappa shape index (κ2) is 6.72. The molecule has 0 radical (unpaired) electrons. The highest BCUT2D eigenvalue weighted by molar-refractivity contribution is 5.98. The number of rotatable bonds is 3. The fourth-order valence-corrected chi connectivity index (χ4v) is 2.46. The van der Waals surface area contributed by atoms with E-state index in [0.29, 0.717) is 31.9 Å². The monoisotopic (exact) mass is 290 g/mol. The summed E-state index contributed by atoms with van der Waals surface area (Å²) in [6.45, 7) is 7.90. The van der Waals surface area contributed by atoms with Crippen LogP contribution in [0.25, 0.3) is 0 Å². The van der Waals surface area contributed by atoms with Crippen LogP contribution in [0.3, 0.4) is 0 Å². The minimum absolute atomic E-state index is 0.0589. The van der Waals surface area contributed by atoms with Gasteiger partial charge in [0.25, 0.3) is 5.91 Å². The SMILES string of the molecule is Cc1ccc(C(=O)NC(C)C(=O)N2CCOCC2)c(C)c1. The summed E-state index contributed by atoms with van der Waals surface area (Å²) < 4.78 is 5.23. The van der Waals surface area contributed by atoms with Gasteiger partial charge in [0.15, 0.2) is 0 Å². The highest BCUT2D eigenvalue weighted by Crippen LogP contribution is 2.11. The van der Waals surface area contributed by atoms with Crippen molar-refractivity contribution < 1.29 is 14.3 Å². The molecule has 1 atom stereocenters. The Morgan fingerprint density at radius 1 is 1.24 bits per heavy atom. The summed E-state index contributed by atoms with van der Waals surface area (Å²) in [7, 11) is 0. The first-order valence-corrected chi connectivity index (χ1v) is 7.23. The molecule has 114 valence electrons. The maximum atomic E-state index is 12.3. The molecule has 5 heteroatoms. The van der Waals surface area contributed by atoms with Crippen molar-refractivity contribution in [1.29, 1.82) is 0 Å². The van der Waals surface area contributed by atoms with E-state index in [9.17, 15) is 9.59 Å². The molecular weight excluding hydrogens is 268 g/mol. The van der Waals surface area contributed by atoms with Gasteiger partial charge in [0.2, 0.25) is 5.91 Å². The van der Waals surface area contributed by atoms with Gasteiger partial charge in [-0.25, -0.2) is 0 Å². The molecule has 1 aromatic rings. The maximum Gasteiger partial charge on any atom is 0.252 e. The second-order valence-electron chi connectivity index (χ2n) is 5.45. The summed E-state index contributed by atoms with van der Waals surface area (Å²) >= 11 is 0. The number of nitrogens with one attached hydrogen (secondary N) is 1. The maximum absolute atomic E-state index is 12.3. The Bertz CT molecular complexity index is 536. The predicted octanol–water partition coefficient (Wildman–Crippen LogP) is 1.28. The lowest BCUT2D eigenvalue weighted by atomic mass is 10.0. The molecule has 1 N–H and O–H groups in total. The number of carbonyl (C=O) groups is 2. The van der Waals surface area contributed by atoms with Gasteiger partial charge in [0.1, 0.15) is 6.04 Å². The zero-order chi connectivity index (χ0) is 15.4. The first kappa shape index (κ1) is 15.5. The van der Waals surface area contributed by atoms with Gasteiger partial charge in [-0.1, -0.05) is 17.7 Å². The van der Waals surface area contributed by atoms with Gasteiger partial charge in [-0.2, -0.15) is 0 Å². The average Bonchev–Trinajstić information content (AvgIpc) is 2.47. The zero-order valence-electron chi connectivity index (χ0n) is 12.8. The molecule has 0 saturated carbocycles. The van der Waals surface area contributed by atoms with Crippen LogP contribution in [0, 0.1) is 13.8 Å². The number of nitrogens with zero attached hydrogens (tertiary/aromatic N) is 1. The van der Waals surface area contributed by atoms with Crippen molar-refractivity contribution in [2.24, 2.45) is 0 Å². The molecule has 21 heavy (non-hydrogen) atoms. The Balaban J connectivity index is 1.99. The third-order valence-electron chi connectivity index (χ3n) is 3.67. The minimum Gasteiger partial charge on any atom is -0.378 e.